The fraction of sp³-hybridized carbons (Fsp3) is 0.0769. The number of halogens is 6. The Balaban J connectivity index is 2.49. The molecule has 0 N–H and O–H groups in total. The highest BCUT2D eigenvalue weighted by Crippen LogP contribution is 2.35. The zero-order valence-corrected chi connectivity index (χ0v) is 11.6. The third-order valence-electron chi connectivity index (χ3n) is 2.53. The molecule has 0 fully saturated rings. The molecule has 0 aliphatic carbocycles. The summed E-state index contributed by atoms with van der Waals surface area (Å²) in [6, 6.07) is 4.84. The van der Waals surface area contributed by atoms with E-state index < -0.39 is 28.1 Å². The first kappa shape index (κ1) is 14.3. The van der Waals surface area contributed by atoms with Gasteiger partial charge in [-0.2, -0.15) is 0 Å². The van der Waals surface area contributed by atoms with E-state index in [1.54, 1.807) is 0 Å². The SMILES string of the molecule is Fc1cc(F)c(C(Br)c2ccc(F)c(Cl)c2)c(F)c1. The Kier molecular flexibility index (Phi) is 4.16. The molecule has 6 heteroatoms. The number of hydrogen-bond acceptors (Lipinski definition) is 0. The van der Waals surface area contributed by atoms with Crippen LogP contribution in [0.5, 0.6) is 0 Å². The van der Waals surface area contributed by atoms with Gasteiger partial charge in [0, 0.05) is 17.7 Å². The van der Waals surface area contributed by atoms with Crippen LogP contribution in [0.1, 0.15) is 16.0 Å². The molecule has 2 rings (SSSR count). The van der Waals surface area contributed by atoms with Crippen molar-refractivity contribution in [2.75, 3.05) is 0 Å². The minimum atomic E-state index is -1.03. The molecule has 0 heterocycles. The quantitative estimate of drug-likeness (QED) is 0.502. The fourth-order valence-corrected chi connectivity index (χ4v) is 2.54. The first-order valence-corrected chi connectivity index (χ1v) is 6.43. The van der Waals surface area contributed by atoms with E-state index in [4.69, 9.17) is 11.6 Å². The van der Waals surface area contributed by atoms with Crippen molar-refractivity contribution in [2.24, 2.45) is 0 Å². The highest BCUT2D eigenvalue weighted by molar-refractivity contribution is 9.09. The van der Waals surface area contributed by atoms with E-state index in [1.165, 1.54) is 12.1 Å². The number of hydrogen-bond donors (Lipinski definition) is 0. The van der Waals surface area contributed by atoms with Crippen molar-refractivity contribution in [3.05, 3.63) is 69.8 Å². The Hall–Kier alpha value is -1.07. The van der Waals surface area contributed by atoms with Gasteiger partial charge in [0.25, 0.3) is 0 Å². The summed E-state index contributed by atoms with van der Waals surface area (Å²) in [6.45, 7) is 0. The normalized spacial score (nSPS) is 12.5. The molecular formula is C13H6BrClF4. The van der Waals surface area contributed by atoms with Gasteiger partial charge in [-0.1, -0.05) is 33.6 Å². The van der Waals surface area contributed by atoms with Crippen molar-refractivity contribution in [1.82, 2.24) is 0 Å². The molecule has 1 unspecified atom stereocenters. The van der Waals surface area contributed by atoms with E-state index in [0.29, 0.717) is 17.7 Å². The van der Waals surface area contributed by atoms with Gasteiger partial charge in [-0.15, -0.1) is 0 Å². The summed E-state index contributed by atoms with van der Waals surface area (Å²) in [7, 11) is 0. The molecule has 0 nitrogen and oxygen atoms in total. The number of benzene rings is 2. The first-order valence-electron chi connectivity index (χ1n) is 5.13. The lowest BCUT2D eigenvalue weighted by molar-refractivity contribution is 0.527. The number of rotatable bonds is 2. The Labute approximate surface area is 120 Å². The van der Waals surface area contributed by atoms with Crippen molar-refractivity contribution in [2.45, 2.75) is 4.83 Å². The zero-order valence-electron chi connectivity index (χ0n) is 9.23. The van der Waals surface area contributed by atoms with Crippen molar-refractivity contribution in [3.63, 3.8) is 0 Å². The second-order valence-corrected chi connectivity index (χ2v) is 5.14. The van der Waals surface area contributed by atoms with Gasteiger partial charge in [-0.25, -0.2) is 17.6 Å². The Morgan fingerprint density at radius 3 is 2.00 bits per heavy atom. The van der Waals surface area contributed by atoms with Crippen LogP contribution in [-0.2, 0) is 0 Å². The Bertz CT molecular complexity index is 607. The summed E-state index contributed by atoms with van der Waals surface area (Å²) in [5.74, 6) is -3.69. The first-order chi connectivity index (χ1) is 8.90. The maximum atomic E-state index is 13.6. The van der Waals surface area contributed by atoms with Crippen LogP contribution in [0.4, 0.5) is 17.6 Å². The van der Waals surface area contributed by atoms with Crippen LogP contribution in [0.15, 0.2) is 30.3 Å². The van der Waals surface area contributed by atoms with Crippen LogP contribution in [0.2, 0.25) is 5.02 Å². The molecule has 0 spiro atoms. The lowest BCUT2D eigenvalue weighted by Gasteiger charge is -2.13. The van der Waals surface area contributed by atoms with E-state index in [0.717, 1.165) is 6.07 Å². The second kappa shape index (κ2) is 5.51. The maximum absolute atomic E-state index is 13.6. The molecular weight excluding hydrogens is 347 g/mol. The summed E-state index contributed by atoms with van der Waals surface area (Å²) in [5.41, 5.74) is -0.000108. The average molecular weight is 354 g/mol. The van der Waals surface area contributed by atoms with E-state index in [2.05, 4.69) is 15.9 Å². The molecule has 2 aromatic rings. The standard InChI is InChI=1S/C13H6BrClF4/c14-13(6-1-2-9(17)8(15)3-6)12-10(18)4-7(16)5-11(12)19/h1-5,13H. The van der Waals surface area contributed by atoms with Crippen LogP contribution in [-0.4, -0.2) is 0 Å². The summed E-state index contributed by atoms with van der Waals surface area (Å²) in [6.07, 6.45) is 0. The van der Waals surface area contributed by atoms with Gasteiger partial charge in [-0.3, -0.25) is 0 Å². The molecule has 0 aliphatic heterocycles. The average Bonchev–Trinajstić information content (AvgIpc) is 2.31. The molecule has 100 valence electrons. The van der Waals surface area contributed by atoms with E-state index in [-0.39, 0.29) is 10.6 Å². The van der Waals surface area contributed by atoms with E-state index >= 15 is 0 Å². The van der Waals surface area contributed by atoms with Crippen LogP contribution in [0.3, 0.4) is 0 Å². The molecule has 1 atom stereocenters. The van der Waals surface area contributed by atoms with Crippen LogP contribution < -0.4 is 0 Å². The highest BCUT2D eigenvalue weighted by atomic mass is 79.9. The highest BCUT2D eigenvalue weighted by Gasteiger charge is 2.21. The zero-order chi connectivity index (χ0) is 14.2. The van der Waals surface area contributed by atoms with Crippen LogP contribution in [0.25, 0.3) is 0 Å². The monoisotopic (exact) mass is 352 g/mol. The smallest absolute Gasteiger partial charge is 0.141 e. The molecule has 2 aromatic carbocycles. The third kappa shape index (κ3) is 2.92. The van der Waals surface area contributed by atoms with Gasteiger partial charge in [0.05, 0.1) is 9.85 Å². The fourth-order valence-electron chi connectivity index (χ4n) is 1.63. The Morgan fingerprint density at radius 2 is 1.47 bits per heavy atom. The molecule has 0 aromatic heterocycles. The predicted octanol–water partition coefficient (Wildman–Crippen LogP) is 5.38. The van der Waals surface area contributed by atoms with Gasteiger partial charge in [0.1, 0.15) is 23.3 Å². The molecule has 19 heavy (non-hydrogen) atoms. The van der Waals surface area contributed by atoms with Gasteiger partial charge in [-0.05, 0) is 17.7 Å². The summed E-state index contributed by atoms with van der Waals surface area (Å²) >= 11 is 8.70. The van der Waals surface area contributed by atoms with Crippen LogP contribution in [0, 0.1) is 23.3 Å². The molecule has 0 amide bonds. The largest absolute Gasteiger partial charge is 0.207 e. The summed E-state index contributed by atoms with van der Waals surface area (Å²) < 4.78 is 53.1. The lowest BCUT2D eigenvalue weighted by Crippen LogP contribution is -2.02. The van der Waals surface area contributed by atoms with Gasteiger partial charge in [0.2, 0.25) is 0 Å². The Morgan fingerprint density at radius 1 is 0.895 bits per heavy atom. The number of alkyl halides is 1. The lowest BCUT2D eigenvalue weighted by atomic mass is 10.0. The minimum Gasteiger partial charge on any atom is -0.207 e. The predicted molar refractivity (Wildman–Crippen MR) is 68.5 cm³/mol. The van der Waals surface area contributed by atoms with E-state index in [9.17, 15) is 17.6 Å². The summed E-state index contributed by atoms with van der Waals surface area (Å²) in [5, 5.41) is -0.162. The molecule has 0 saturated carbocycles. The molecule has 0 bridgehead atoms. The van der Waals surface area contributed by atoms with Gasteiger partial charge < -0.3 is 0 Å². The van der Waals surface area contributed by atoms with Crippen molar-refractivity contribution < 1.29 is 17.6 Å². The summed E-state index contributed by atoms with van der Waals surface area (Å²) in [4.78, 5) is -0.897. The molecule has 0 radical (unpaired) electrons. The van der Waals surface area contributed by atoms with Gasteiger partial charge >= 0.3 is 0 Å². The van der Waals surface area contributed by atoms with E-state index in [1.807, 2.05) is 0 Å². The van der Waals surface area contributed by atoms with Crippen molar-refractivity contribution in [3.8, 4) is 0 Å². The van der Waals surface area contributed by atoms with Gasteiger partial charge in [0.15, 0.2) is 0 Å². The molecule has 0 saturated heterocycles. The topological polar surface area (TPSA) is 0 Å². The second-order valence-electron chi connectivity index (χ2n) is 3.82. The van der Waals surface area contributed by atoms with Crippen molar-refractivity contribution in [1.29, 1.82) is 0 Å². The van der Waals surface area contributed by atoms with Crippen molar-refractivity contribution >= 4 is 27.5 Å². The third-order valence-corrected chi connectivity index (χ3v) is 3.81. The van der Waals surface area contributed by atoms with Crippen LogP contribution >= 0.6 is 27.5 Å². The minimum absolute atomic E-state index is 0.162. The maximum Gasteiger partial charge on any atom is 0.141 e. The molecule has 0 aliphatic rings.